The summed E-state index contributed by atoms with van der Waals surface area (Å²) < 4.78 is 14.4. The zero-order chi connectivity index (χ0) is 13.3. The smallest absolute Gasteiger partial charge is 0.101 e. The Balaban J connectivity index is 2.29. The zero-order valence-electron chi connectivity index (χ0n) is 11.3. The second kappa shape index (κ2) is 4.98. The molecule has 1 heterocycles. The lowest BCUT2D eigenvalue weighted by molar-refractivity contribution is 0.416. The van der Waals surface area contributed by atoms with Gasteiger partial charge in [0.1, 0.15) is 11.0 Å². The quantitative estimate of drug-likeness (QED) is 0.748. The predicted octanol–water partition coefficient (Wildman–Crippen LogP) is 3.45. The molecule has 0 saturated carbocycles. The summed E-state index contributed by atoms with van der Waals surface area (Å²) in [5.41, 5.74) is 2.40. The van der Waals surface area contributed by atoms with E-state index in [4.69, 9.17) is 0 Å². The van der Waals surface area contributed by atoms with E-state index in [-0.39, 0.29) is 10.8 Å². The molecule has 0 bridgehead atoms. The molecule has 0 N–H and O–H groups in total. The summed E-state index contributed by atoms with van der Waals surface area (Å²) in [6.45, 7) is 10.9. The Bertz CT molecular complexity index is 461. The van der Waals surface area contributed by atoms with Gasteiger partial charge in [-0.3, -0.25) is 0 Å². The van der Waals surface area contributed by atoms with E-state index in [9.17, 15) is 4.21 Å². The fourth-order valence-corrected chi connectivity index (χ4v) is 3.69. The van der Waals surface area contributed by atoms with E-state index in [1.165, 1.54) is 11.1 Å². The van der Waals surface area contributed by atoms with Crippen LogP contribution in [0.2, 0.25) is 0 Å². The molecule has 1 aliphatic heterocycles. The Hall–Kier alpha value is -0.930. The highest BCUT2D eigenvalue weighted by Gasteiger charge is 2.36. The zero-order valence-corrected chi connectivity index (χ0v) is 12.2. The van der Waals surface area contributed by atoms with Crippen LogP contribution in [0.25, 0.3) is 0 Å². The lowest BCUT2D eigenvalue weighted by Gasteiger charge is -2.30. The van der Waals surface area contributed by atoms with Crippen molar-refractivity contribution in [3.8, 4) is 0 Å². The van der Waals surface area contributed by atoms with Gasteiger partial charge >= 0.3 is 0 Å². The first-order valence-corrected chi connectivity index (χ1v) is 7.40. The number of benzene rings is 1. The molecule has 0 aromatic heterocycles. The van der Waals surface area contributed by atoms with Crippen molar-refractivity contribution in [1.29, 1.82) is 0 Å². The first-order valence-electron chi connectivity index (χ1n) is 6.30. The molecule has 1 fully saturated rings. The summed E-state index contributed by atoms with van der Waals surface area (Å²) in [6, 6.07) is 10.5. The van der Waals surface area contributed by atoms with E-state index >= 15 is 0 Å². The van der Waals surface area contributed by atoms with Crippen molar-refractivity contribution >= 4 is 11.0 Å². The molecule has 1 saturated heterocycles. The molecule has 0 amide bonds. The van der Waals surface area contributed by atoms with Gasteiger partial charge in [0, 0.05) is 6.54 Å². The van der Waals surface area contributed by atoms with Crippen LogP contribution in [0, 0.1) is 0 Å². The average molecular weight is 263 g/mol. The van der Waals surface area contributed by atoms with Crippen LogP contribution in [-0.2, 0) is 11.0 Å². The van der Waals surface area contributed by atoms with Crippen LogP contribution in [0.4, 0.5) is 0 Å². The van der Waals surface area contributed by atoms with E-state index < -0.39 is 11.0 Å². The van der Waals surface area contributed by atoms with Gasteiger partial charge < -0.3 is 0 Å². The van der Waals surface area contributed by atoms with Crippen LogP contribution in [0.15, 0.2) is 42.5 Å². The van der Waals surface area contributed by atoms with Crippen LogP contribution in [-0.4, -0.2) is 19.8 Å². The molecule has 2 rings (SSSR count). The highest BCUT2D eigenvalue weighted by molar-refractivity contribution is 7.84. The fourth-order valence-electron chi connectivity index (χ4n) is 2.26. The highest BCUT2D eigenvalue weighted by Crippen LogP contribution is 2.37. The maximum absolute atomic E-state index is 12.6. The molecule has 0 aliphatic carbocycles. The van der Waals surface area contributed by atoms with Crippen molar-refractivity contribution in [1.82, 2.24) is 4.31 Å². The average Bonchev–Trinajstić information content (AvgIpc) is 2.70. The maximum atomic E-state index is 12.6. The Kier molecular flexibility index (Phi) is 3.74. The molecule has 0 spiro atoms. The minimum Gasteiger partial charge on any atom is -0.242 e. The van der Waals surface area contributed by atoms with Crippen molar-refractivity contribution in [3.63, 3.8) is 0 Å². The lowest BCUT2D eigenvalue weighted by Crippen LogP contribution is -2.37. The van der Waals surface area contributed by atoms with Gasteiger partial charge in [0.15, 0.2) is 0 Å². The Labute approximate surface area is 112 Å². The van der Waals surface area contributed by atoms with E-state index in [1.807, 2.05) is 39.0 Å². The van der Waals surface area contributed by atoms with Gasteiger partial charge in [0.05, 0.1) is 10.8 Å². The van der Waals surface area contributed by atoms with E-state index in [2.05, 4.69) is 23.0 Å². The van der Waals surface area contributed by atoms with Crippen LogP contribution in [0.5, 0.6) is 0 Å². The third kappa shape index (κ3) is 2.73. The first-order chi connectivity index (χ1) is 8.39. The number of hydrogen-bond donors (Lipinski definition) is 0. The summed E-state index contributed by atoms with van der Waals surface area (Å²) in [5, 5.41) is 0. The summed E-state index contributed by atoms with van der Waals surface area (Å²) in [4.78, 5) is 0. The summed E-state index contributed by atoms with van der Waals surface area (Å²) in [7, 11) is -0.991. The lowest BCUT2D eigenvalue weighted by atomic mass is 10.0. The van der Waals surface area contributed by atoms with Gasteiger partial charge in [-0.15, -0.1) is 0 Å². The number of nitrogens with zero attached hydrogens (tertiary/aromatic N) is 1. The Morgan fingerprint density at radius 3 is 2.44 bits per heavy atom. The van der Waals surface area contributed by atoms with Gasteiger partial charge in [-0.1, -0.05) is 42.5 Å². The Morgan fingerprint density at radius 2 is 1.89 bits per heavy atom. The molecule has 3 heteroatoms. The van der Waals surface area contributed by atoms with Crippen molar-refractivity contribution in [2.75, 3.05) is 6.54 Å². The molecule has 2 atom stereocenters. The minimum absolute atomic E-state index is 0.207. The SMILES string of the molecule is C=C1C[C@H](c2ccccc2)N([S@](=O)C(C)(C)C)C1. The van der Waals surface area contributed by atoms with Gasteiger partial charge in [0.2, 0.25) is 0 Å². The van der Waals surface area contributed by atoms with Gasteiger partial charge in [-0.2, -0.15) is 0 Å². The topological polar surface area (TPSA) is 20.3 Å². The van der Waals surface area contributed by atoms with Crippen molar-refractivity contribution in [3.05, 3.63) is 48.0 Å². The second-order valence-electron chi connectivity index (χ2n) is 5.82. The molecular weight excluding hydrogens is 242 g/mol. The molecule has 18 heavy (non-hydrogen) atoms. The van der Waals surface area contributed by atoms with Crippen molar-refractivity contribution in [2.45, 2.75) is 38.0 Å². The van der Waals surface area contributed by atoms with Gasteiger partial charge in [0.25, 0.3) is 0 Å². The van der Waals surface area contributed by atoms with Gasteiger partial charge in [-0.05, 0) is 32.8 Å². The molecular formula is C15H21NOS. The van der Waals surface area contributed by atoms with Crippen molar-refractivity contribution in [2.24, 2.45) is 0 Å². The van der Waals surface area contributed by atoms with Crippen LogP contribution in [0.1, 0.15) is 38.8 Å². The molecule has 98 valence electrons. The van der Waals surface area contributed by atoms with E-state index in [0.29, 0.717) is 0 Å². The minimum atomic E-state index is -0.991. The second-order valence-corrected chi connectivity index (χ2v) is 8.01. The third-order valence-electron chi connectivity index (χ3n) is 3.13. The molecule has 0 radical (unpaired) electrons. The standard InChI is InChI=1S/C15H21NOS/c1-12-10-14(13-8-6-5-7-9-13)16(11-12)18(17)15(2,3)4/h5-9,14H,1,10-11H2,2-4H3/t14-,18-/m1/s1. The molecule has 1 aliphatic rings. The Morgan fingerprint density at radius 1 is 1.28 bits per heavy atom. The predicted molar refractivity (Wildman–Crippen MR) is 77.5 cm³/mol. The van der Waals surface area contributed by atoms with E-state index in [0.717, 1.165) is 13.0 Å². The largest absolute Gasteiger partial charge is 0.242 e. The van der Waals surface area contributed by atoms with Crippen LogP contribution >= 0.6 is 0 Å². The molecule has 0 unspecified atom stereocenters. The van der Waals surface area contributed by atoms with Gasteiger partial charge in [-0.25, -0.2) is 8.51 Å². The van der Waals surface area contributed by atoms with Crippen LogP contribution in [0.3, 0.4) is 0 Å². The molecule has 1 aromatic carbocycles. The normalized spacial score (nSPS) is 23.3. The third-order valence-corrected chi connectivity index (χ3v) is 4.99. The first kappa shape index (κ1) is 13.5. The number of hydrogen-bond acceptors (Lipinski definition) is 1. The fraction of sp³-hybridized carbons (Fsp3) is 0.467. The van der Waals surface area contributed by atoms with Crippen molar-refractivity contribution < 1.29 is 4.21 Å². The summed E-state index contributed by atoms with van der Waals surface area (Å²) in [6.07, 6.45) is 0.909. The number of rotatable bonds is 2. The molecule has 1 aromatic rings. The summed E-state index contributed by atoms with van der Waals surface area (Å²) >= 11 is 0. The van der Waals surface area contributed by atoms with Crippen LogP contribution < -0.4 is 0 Å². The maximum Gasteiger partial charge on any atom is 0.101 e. The highest BCUT2D eigenvalue weighted by atomic mass is 32.2. The summed E-state index contributed by atoms with van der Waals surface area (Å²) in [5.74, 6) is 0. The monoisotopic (exact) mass is 263 g/mol. The van der Waals surface area contributed by atoms with E-state index in [1.54, 1.807) is 0 Å². The molecule has 2 nitrogen and oxygen atoms in total.